The van der Waals surface area contributed by atoms with Crippen LogP contribution < -0.4 is 10.6 Å². The topological polar surface area (TPSA) is 84.3 Å². The zero-order valence-electron chi connectivity index (χ0n) is 15.8. The molecule has 0 aliphatic heterocycles. The highest BCUT2D eigenvalue weighted by Crippen LogP contribution is 2.49. The normalized spacial score (nSPS) is 26.0. The highest BCUT2D eigenvalue weighted by atomic mass is 19.4. The second-order valence-corrected chi connectivity index (χ2v) is 7.99. The first kappa shape index (κ1) is 20.4. The van der Waals surface area contributed by atoms with Crippen molar-refractivity contribution in [2.24, 2.45) is 17.8 Å². The molecule has 5 atom stereocenters. The summed E-state index contributed by atoms with van der Waals surface area (Å²) in [7, 11) is 0. The van der Waals surface area contributed by atoms with E-state index < -0.39 is 28.4 Å². The van der Waals surface area contributed by atoms with Crippen LogP contribution in [0, 0.1) is 27.9 Å². The molecule has 1 aromatic carbocycles. The number of anilines is 1. The minimum atomic E-state index is -4.68. The molecular weight excluding hydrogens is 375 g/mol. The number of alkyl halides is 3. The number of nitro groups is 1. The lowest BCUT2D eigenvalue weighted by Crippen LogP contribution is -2.46. The molecule has 1 aromatic rings. The number of hydrogen-bond acceptors (Lipinski definition) is 4. The lowest BCUT2D eigenvalue weighted by Gasteiger charge is -2.29. The molecule has 0 aromatic heterocycles. The number of benzene rings is 1. The van der Waals surface area contributed by atoms with Crippen molar-refractivity contribution in [1.82, 2.24) is 5.32 Å². The molecule has 0 heterocycles. The van der Waals surface area contributed by atoms with Gasteiger partial charge in [0, 0.05) is 12.1 Å². The predicted octanol–water partition coefficient (Wildman–Crippen LogP) is 4.35. The molecule has 1 amide bonds. The third-order valence-electron chi connectivity index (χ3n) is 6.09. The third-order valence-corrected chi connectivity index (χ3v) is 6.09. The number of hydrogen-bond donors (Lipinski definition) is 2. The molecule has 28 heavy (non-hydrogen) atoms. The molecule has 0 spiro atoms. The van der Waals surface area contributed by atoms with E-state index in [-0.39, 0.29) is 17.6 Å². The lowest BCUT2D eigenvalue weighted by molar-refractivity contribution is -0.384. The minimum absolute atomic E-state index is 0.00496. The van der Waals surface area contributed by atoms with Gasteiger partial charge in [0.05, 0.1) is 10.5 Å². The van der Waals surface area contributed by atoms with Gasteiger partial charge in [0.2, 0.25) is 5.91 Å². The molecule has 154 valence electrons. The van der Waals surface area contributed by atoms with Crippen molar-refractivity contribution in [3.63, 3.8) is 0 Å². The van der Waals surface area contributed by atoms with Crippen LogP contribution in [0.4, 0.5) is 24.5 Å². The zero-order chi connectivity index (χ0) is 20.6. The highest BCUT2D eigenvalue weighted by Gasteiger charge is 2.42. The van der Waals surface area contributed by atoms with Crippen molar-refractivity contribution in [3.8, 4) is 0 Å². The van der Waals surface area contributed by atoms with Crippen molar-refractivity contribution in [2.75, 3.05) is 5.32 Å². The number of carbonyl (C=O) groups is 1. The summed E-state index contributed by atoms with van der Waals surface area (Å²) in [6.45, 7) is 3.50. The van der Waals surface area contributed by atoms with Gasteiger partial charge in [-0.25, -0.2) is 0 Å². The Hall–Kier alpha value is -2.32. The molecule has 2 bridgehead atoms. The SMILES string of the molecule is C[C@H](Nc1ccc(C(F)(F)F)cc1[N+](=O)[O-])C(=O)N[C@H](C)[C@@H]1C[C@H]2CC[C@H]1C2. The monoisotopic (exact) mass is 399 g/mol. The van der Waals surface area contributed by atoms with Gasteiger partial charge in [-0.1, -0.05) is 6.42 Å². The maximum Gasteiger partial charge on any atom is 0.416 e. The molecule has 9 heteroatoms. The quantitative estimate of drug-likeness (QED) is 0.550. The fraction of sp³-hybridized carbons (Fsp3) is 0.632. The van der Waals surface area contributed by atoms with Gasteiger partial charge in [0.15, 0.2) is 0 Å². The summed E-state index contributed by atoms with van der Waals surface area (Å²) in [6, 6.07) is 1.40. The van der Waals surface area contributed by atoms with E-state index in [0.29, 0.717) is 17.9 Å². The molecule has 2 saturated carbocycles. The molecule has 0 radical (unpaired) electrons. The van der Waals surface area contributed by atoms with Crippen LogP contribution in [0.5, 0.6) is 0 Å². The number of rotatable bonds is 6. The molecule has 0 saturated heterocycles. The third kappa shape index (κ3) is 4.23. The van der Waals surface area contributed by atoms with Crippen LogP contribution in [0.3, 0.4) is 0 Å². The maximum absolute atomic E-state index is 12.8. The summed E-state index contributed by atoms with van der Waals surface area (Å²) in [5.74, 6) is 1.50. The van der Waals surface area contributed by atoms with Crippen molar-refractivity contribution < 1.29 is 22.9 Å². The molecule has 2 fully saturated rings. The van der Waals surface area contributed by atoms with Crippen LogP contribution in [0.2, 0.25) is 0 Å². The van der Waals surface area contributed by atoms with Crippen LogP contribution in [-0.4, -0.2) is 22.9 Å². The Morgan fingerprint density at radius 2 is 1.96 bits per heavy atom. The Labute approximate surface area is 161 Å². The summed E-state index contributed by atoms with van der Waals surface area (Å²) in [4.78, 5) is 22.8. The van der Waals surface area contributed by atoms with Gasteiger partial charge in [-0.15, -0.1) is 0 Å². The number of carbonyl (C=O) groups excluding carboxylic acids is 1. The highest BCUT2D eigenvalue weighted by molar-refractivity contribution is 5.85. The van der Waals surface area contributed by atoms with Gasteiger partial charge in [-0.2, -0.15) is 13.2 Å². The van der Waals surface area contributed by atoms with Gasteiger partial charge in [0.25, 0.3) is 5.69 Å². The van der Waals surface area contributed by atoms with Gasteiger partial charge >= 0.3 is 6.18 Å². The molecule has 3 rings (SSSR count). The van der Waals surface area contributed by atoms with E-state index in [1.807, 2.05) is 6.92 Å². The lowest BCUT2D eigenvalue weighted by atomic mass is 9.84. The van der Waals surface area contributed by atoms with Crippen molar-refractivity contribution in [2.45, 2.75) is 57.8 Å². The Morgan fingerprint density at radius 3 is 2.50 bits per heavy atom. The first-order chi connectivity index (χ1) is 13.1. The standard InChI is InChI=1S/C19H24F3N3O3/c1-10(15-8-12-3-4-13(15)7-12)24-18(26)11(2)23-16-6-5-14(19(20,21)22)9-17(16)25(27)28/h5-6,9-13,15,23H,3-4,7-8H2,1-2H3,(H,24,26)/t10-,11+,12+,13+,15+/m1/s1. The number of halogens is 3. The Morgan fingerprint density at radius 1 is 1.25 bits per heavy atom. The first-order valence-corrected chi connectivity index (χ1v) is 9.48. The molecule has 2 N–H and O–H groups in total. The van der Waals surface area contributed by atoms with Crippen molar-refractivity contribution in [3.05, 3.63) is 33.9 Å². The average molecular weight is 399 g/mol. The number of nitrogens with one attached hydrogen (secondary N) is 2. The van der Waals surface area contributed by atoms with Gasteiger partial charge < -0.3 is 10.6 Å². The minimum Gasteiger partial charge on any atom is -0.368 e. The fourth-order valence-electron chi connectivity index (χ4n) is 4.64. The van der Waals surface area contributed by atoms with Crippen LogP contribution in [0.25, 0.3) is 0 Å². The summed E-state index contributed by atoms with van der Waals surface area (Å²) in [5, 5.41) is 16.8. The predicted molar refractivity (Wildman–Crippen MR) is 97.7 cm³/mol. The van der Waals surface area contributed by atoms with Crippen molar-refractivity contribution >= 4 is 17.3 Å². The summed E-state index contributed by atoms with van der Waals surface area (Å²) >= 11 is 0. The van der Waals surface area contributed by atoms with Gasteiger partial charge in [-0.3, -0.25) is 14.9 Å². The molecular formula is C19H24F3N3O3. The molecule has 2 aliphatic carbocycles. The van der Waals surface area contributed by atoms with E-state index in [9.17, 15) is 28.1 Å². The van der Waals surface area contributed by atoms with Gasteiger partial charge in [-0.05, 0) is 63.0 Å². The molecule has 6 nitrogen and oxygen atoms in total. The Bertz CT molecular complexity index is 769. The van der Waals surface area contributed by atoms with Crippen molar-refractivity contribution in [1.29, 1.82) is 0 Å². The van der Waals surface area contributed by atoms with Gasteiger partial charge in [0.1, 0.15) is 11.7 Å². The first-order valence-electron chi connectivity index (χ1n) is 9.48. The Kier molecular flexibility index (Phi) is 5.54. The zero-order valence-corrected chi connectivity index (χ0v) is 15.8. The van der Waals surface area contributed by atoms with E-state index in [4.69, 9.17) is 0 Å². The van der Waals surface area contributed by atoms with Crippen LogP contribution >= 0.6 is 0 Å². The molecule has 0 unspecified atom stereocenters. The number of fused-ring (bicyclic) bond motifs is 2. The van der Waals surface area contributed by atoms with E-state index >= 15 is 0 Å². The average Bonchev–Trinajstić information content (AvgIpc) is 3.24. The number of nitrogens with zero attached hydrogens (tertiary/aromatic N) is 1. The Balaban J connectivity index is 1.65. The fourth-order valence-corrected chi connectivity index (χ4v) is 4.64. The van der Waals surface area contributed by atoms with Crippen LogP contribution in [-0.2, 0) is 11.0 Å². The largest absolute Gasteiger partial charge is 0.416 e. The number of amides is 1. The van der Waals surface area contributed by atoms with E-state index in [1.165, 1.54) is 26.2 Å². The van der Waals surface area contributed by atoms with E-state index in [0.717, 1.165) is 24.5 Å². The maximum atomic E-state index is 12.8. The summed E-state index contributed by atoms with van der Waals surface area (Å²) in [6.07, 6.45) is 0.107. The summed E-state index contributed by atoms with van der Waals surface area (Å²) in [5.41, 5.74) is -1.93. The second kappa shape index (κ2) is 7.60. The van der Waals surface area contributed by atoms with E-state index in [1.54, 1.807) is 0 Å². The molecule has 2 aliphatic rings. The second-order valence-electron chi connectivity index (χ2n) is 7.99. The summed E-state index contributed by atoms with van der Waals surface area (Å²) < 4.78 is 38.4. The number of nitro benzene ring substituents is 1. The van der Waals surface area contributed by atoms with E-state index in [2.05, 4.69) is 10.6 Å². The van der Waals surface area contributed by atoms with Crippen LogP contribution in [0.1, 0.15) is 45.1 Å². The van der Waals surface area contributed by atoms with Crippen LogP contribution in [0.15, 0.2) is 18.2 Å². The smallest absolute Gasteiger partial charge is 0.368 e.